The molecule has 4 fully saturated rings. The van der Waals surface area contributed by atoms with Crippen molar-refractivity contribution in [2.75, 3.05) is 20.8 Å². The van der Waals surface area contributed by atoms with Crippen LogP contribution in [-0.2, 0) is 19.1 Å². The minimum Gasteiger partial charge on any atom is -0.465 e. The molecule has 1 aromatic rings. The molecule has 1 N–H and O–H groups in total. The molecule has 166 valence electrons. The summed E-state index contributed by atoms with van der Waals surface area (Å²) >= 11 is 0. The van der Waals surface area contributed by atoms with Gasteiger partial charge in [-0.25, -0.2) is 14.4 Å². The number of amides is 1. The largest absolute Gasteiger partial charge is 0.465 e. The van der Waals surface area contributed by atoms with Crippen LogP contribution in [0.5, 0.6) is 5.75 Å². The van der Waals surface area contributed by atoms with Crippen LogP contribution in [-0.4, -0.2) is 44.6 Å². The molecule has 5 rings (SSSR count). The lowest BCUT2D eigenvalue weighted by Gasteiger charge is -2.55. The molecule has 0 radical (unpaired) electrons. The van der Waals surface area contributed by atoms with E-state index >= 15 is 0 Å². The molecule has 0 atom stereocenters. The van der Waals surface area contributed by atoms with Crippen molar-refractivity contribution in [1.82, 2.24) is 5.32 Å². The topological polar surface area (TPSA) is 108 Å². The summed E-state index contributed by atoms with van der Waals surface area (Å²) in [4.78, 5) is 49.1. The fourth-order valence-electron chi connectivity index (χ4n) is 6.03. The zero-order valence-corrected chi connectivity index (χ0v) is 17.8. The number of rotatable bonds is 6. The number of esters is 3. The average Bonchev–Trinajstić information content (AvgIpc) is 2.75. The number of ether oxygens (including phenoxy) is 3. The van der Waals surface area contributed by atoms with E-state index in [9.17, 15) is 19.2 Å². The molecule has 0 spiro atoms. The molecule has 31 heavy (non-hydrogen) atoms. The molecule has 8 heteroatoms. The summed E-state index contributed by atoms with van der Waals surface area (Å²) < 4.78 is 14.6. The van der Waals surface area contributed by atoms with E-state index in [1.807, 2.05) is 0 Å². The molecule has 4 aliphatic carbocycles. The third-order valence-electron chi connectivity index (χ3n) is 6.89. The summed E-state index contributed by atoms with van der Waals surface area (Å²) in [5, 5.41) is 2.76. The van der Waals surface area contributed by atoms with Gasteiger partial charge in [-0.2, -0.15) is 0 Å². The first kappa shape index (κ1) is 21.3. The third-order valence-corrected chi connectivity index (χ3v) is 6.89. The van der Waals surface area contributed by atoms with Gasteiger partial charge in [0.2, 0.25) is 5.91 Å². The Kier molecular flexibility index (Phi) is 5.73. The van der Waals surface area contributed by atoms with Crippen molar-refractivity contribution in [3.8, 4) is 5.75 Å². The van der Waals surface area contributed by atoms with E-state index in [1.165, 1.54) is 51.7 Å². The summed E-state index contributed by atoms with van der Waals surface area (Å²) in [6.45, 7) is -0.281. The van der Waals surface area contributed by atoms with Crippen molar-refractivity contribution in [3.63, 3.8) is 0 Å². The molecule has 1 amide bonds. The summed E-state index contributed by atoms with van der Waals surface area (Å²) in [6, 6.07) is 3.90. The fraction of sp³-hybridized carbons (Fsp3) is 0.565. The van der Waals surface area contributed by atoms with Crippen LogP contribution < -0.4 is 10.1 Å². The Morgan fingerprint density at radius 1 is 0.871 bits per heavy atom. The molecule has 0 unspecified atom stereocenters. The maximum absolute atomic E-state index is 13.0. The van der Waals surface area contributed by atoms with E-state index in [4.69, 9.17) is 4.74 Å². The SMILES string of the molecule is COC(=O)c1cc(OC(=O)CNC(=O)C23CC4CC(CC(C4)C2)C3)cc(C(=O)OC)c1. The highest BCUT2D eigenvalue weighted by molar-refractivity contribution is 5.96. The average molecular weight is 429 g/mol. The van der Waals surface area contributed by atoms with Crippen molar-refractivity contribution < 1.29 is 33.4 Å². The summed E-state index contributed by atoms with van der Waals surface area (Å²) in [6.07, 6.45) is 6.41. The van der Waals surface area contributed by atoms with Gasteiger partial charge in [-0.1, -0.05) is 0 Å². The van der Waals surface area contributed by atoms with Gasteiger partial charge in [0.05, 0.1) is 25.3 Å². The Hall–Kier alpha value is -2.90. The van der Waals surface area contributed by atoms with Gasteiger partial charge in [-0.15, -0.1) is 0 Å². The normalized spacial score (nSPS) is 28.0. The number of hydrogen-bond donors (Lipinski definition) is 1. The van der Waals surface area contributed by atoms with Gasteiger partial charge in [0.25, 0.3) is 0 Å². The minimum atomic E-state index is -0.684. The number of carbonyl (C=O) groups is 4. The molecule has 4 bridgehead atoms. The number of hydrogen-bond acceptors (Lipinski definition) is 7. The first-order valence-electron chi connectivity index (χ1n) is 10.6. The Morgan fingerprint density at radius 2 is 1.35 bits per heavy atom. The first-order valence-corrected chi connectivity index (χ1v) is 10.6. The molecular weight excluding hydrogens is 402 g/mol. The maximum atomic E-state index is 13.0. The molecule has 0 aromatic heterocycles. The van der Waals surface area contributed by atoms with E-state index in [0.717, 1.165) is 19.3 Å². The highest BCUT2D eigenvalue weighted by Crippen LogP contribution is 2.60. The van der Waals surface area contributed by atoms with Crippen LogP contribution in [0.2, 0.25) is 0 Å². The Labute approximate surface area is 180 Å². The van der Waals surface area contributed by atoms with E-state index in [0.29, 0.717) is 17.8 Å². The standard InChI is InChI=1S/C23H27NO7/c1-29-20(26)16-6-17(21(27)30-2)8-18(7-16)31-19(25)12-24-22(28)23-9-13-3-14(10-23)5-15(4-13)11-23/h6-8,13-15H,3-5,9-12H2,1-2H3,(H,24,28). The predicted octanol–water partition coefficient (Wildman–Crippen LogP) is 2.50. The fourth-order valence-corrected chi connectivity index (χ4v) is 6.03. The Balaban J connectivity index is 1.40. The zero-order chi connectivity index (χ0) is 22.2. The molecule has 0 heterocycles. The predicted molar refractivity (Wildman–Crippen MR) is 108 cm³/mol. The zero-order valence-electron chi connectivity index (χ0n) is 17.8. The lowest BCUT2D eigenvalue weighted by Crippen LogP contribution is -2.54. The van der Waals surface area contributed by atoms with Crippen molar-refractivity contribution in [3.05, 3.63) is 29.3 Å². The van der Waals surface area contributed by atoms with Crippen LogP contribution >= 0.6 is 0 Å². The molecule has 4 saturated carbocycles. The van der Waals surface area contributed by atoms with Gasteiger partial charge in [-0.05, 0) is 74.5 Å². The van der Waals surface area contributed by atoms with Crippen LogP contribution in [0.1, 0.15) is 59.2 Å². The lowest BCUT2D eigenvalue weighted by atomic mass is 9.49. The van der Waals surface area contributed by atoms with Gasteiger partial charge in [-0.3, -0.25) is 4.79 Å². The van der Waals surface area contributed by atoms with Crippen molar-refractivity contribution >= 4 is 23.8 Å². The summed E-state index contributed by atoms with van der Waals surface area (Å²) in [5.74, 6) is -0.239. The van der Waals surface area contributed by atoms with E-state index in [1.54, 1.807) is 0 Å². The van der Waals surface area contributed by atoms with E-state index < -0.39 is 17.9 Å². The van der Waals surface area contributed by atoms with Crippen LogP contribution in [0.25, 0.3) is 0 Å². The maximum Gasteiger partial charge on any atom is 0.338 e. The highest BCUT2D eigenvalue weighted by atomic mass is 16.5. The number of carbonyl (C=O) groups excluding carboxylic acids is 4. The summed E-state index contributed by atoms with van der Waals surface area (Å²) in [5.41, 5.74) is -0.255. The number of benzene rings is 1. The van der Waals surface area contributed by atoms with Gasteiger partial charge >= 0.3 is 17.9 Å². The van der Waals surface area contributed by atoms with Crippen LogP contribution in [0.15, 0.2) is 18.2 Å². The van der Waals surface area contributed by atoms with Gasteiger partial charge < -0.3 is 19.5 Å². The van der Waals surface area contributed by atoms with Crippen LogP contribution in [0, 0.1) is 23.2 Å². The minimum absolute atomic E-state index is 0.00245. The van der Waals surface area contributed by atoms with Gasteiger partial charge in [0.1, 0.15) is 12.3 Å². The second-order valence-corrected chi connectivity index (χ2v) is 9.08. The summed E-state index contributed by atoms with van der Waals surface area (Å²) in [7, 11) is 2.41. The molecular formula is C23H27NO7. The quantitative estimate of drug-likeness (QED) is 0.547. The van der Waals surface area contributed by atoms with Crippen molar-refractivity contribution in [2.45, 2.75) is 38.5 Å². The van der Waals surface area contributed by atoms with E-state index in [2.05, 4.69) is 14.8 Å². The van der Waals surface area contributed by atoms with Crippen molar-refractivity contribution in [2.24, 2.45) is 23.2 Å². The Bertz CT molecular complexity index is 853. The van der Waals surface area contributed by atoms with Gasteiger partial charge in [0.15, 0.2) is 0 Å². The highest BCUT2D eigenvalue weighted by Gasteiger charge is 2.54. The molecule has 0 saturated heterocycles. The second kappa shape index (κ2) is 8.32. The molecule has 8 nitrogen and oxygen atoms in total. The number of methoxy groups -OCH3 is 2. The molecule has 1 aromatic carbocycles. The monoisotopic (exact) mass is 429 g/mol. The van der Waals surface area contributed by atoms with Gasteiger partial charge in [0, 0.05) is 5.41 Å². The van der Waals surface area contributed by atoms with Crippen LogP contribution in [0.3, 0.4) is 0 Å². The molecule has 4 aliphatic rings. The van der Waals surface area contributed by atoms with Crippen LogP contribution in [0.4, 0.5) is 0 Å². The lowest BCUT2D eigenvalue weighted by molar-refractivity contribution is -0.148. The van der Waals surface area contributed by atoms with Crippen molar-refractivity contribution in [1.29, 1.82) is 0 Å². The molecule has 0 aliphatic heterocycles. The number of nitrogens with one attached hydrogen (secondary N) is 1. The smallest absolute Gasteiger partial charge is 0.338 e. The first-order chi connectivity index (χ1) is 14.8. The second-order valence-electron chi connectivity index (χ2n) is 9.08. The third kappa shape index (κ3) is 4.29. The van der Waals surface area contributed by atoms with E-state index in [-0.39, 0.29) is 34.7 Å². The Morgan fingerprint density at radius 3 is 1.81 bits per heavy atom.